The number of thioether (sulfide) groups is 1. The lowest BCUT2D eigenvalue weighted by Gasteiger charge is -2.18. The van der Waals surface area contributed by atoms with Crippen molar-refractivity contribution < 1.29 is 9.59 Å². The molecule has 4 aromatic rings. The summed E-state index contributed by atoms with van der Waals surface area (Å²) in [5.41, 5.74) is 3.94. The summed E-state index contributed by atoms with van der Waals surface area (Å²) in [7, 11) is 0. The van der Waals surface area contributed by atoms with Crippen molar-refractivity contribution in [2.45, 2.75) is 19.0 Å². The van der Waals surface area contributed by atoms with Crippen LogP contribution in [0, 0.1) is 13.8 Å². The van der Waals surface area contributed by atoms with E-state index in [9.17, 15) is 14.4 Å². The van der Waals surface area contributed by atoms with Crippen molar-refractivity contribution in [3.63, 3.8) is 0 Å². The molecule has 2 heterocycles. The van der Waals surface area contributed by atoms with Crippen LogP contribution in [0.2, 0.25) is 0 Å². The molecule has 0 saturated heterocycles. The molecule has 0 fully saturated rings. The first-order valence-electron chi connectivity index (χ1n) is 10.1. The van der Waals surface area contributed by atoms with Crippen molar-refractivity contribution in [3.8, 4) is 5.69 Å². The number of imide groups is 1. The lowest BCUT2D eigenvalue weighted by Crippen LogP contribution is -2.30. The van der Waals surface area contributed by atoms with Crippen LogP contribution in [0.3, 0.4) is 0 Å². The van der Waals surface area contributed by atoms with E-state index < -0.39 is 0 Å². The van der Waals surface area contributed by atoms with Crippen molar-refractivity contribution in [1.82, 2.24) is 14.5 Å². The highest BCUT2D eigenvalue weighted by molar-refractivity contribution is 7.99. The first kappa shape index (κ1) is 20.2. The second-order valence-corrected chi connectivity index (χ2v) is 8.61. The van der Waals surface area contributed by atoms with Gasteiger partial charge in [-0.15, -0.1) is 0 Å². The van der Waals surface area contributed by atoms with Crippen LogP contribution < -0.4 is 5.56 Å². The van der Waals surface area contributed by atoms with Crippen LogP contribution in [0.15, 0.2) is 76.7 Å². The maximum atomic E-state index is 13.5. The molecule has 5 rings (SSSR count). The number of rotatable bonds is 4. The zero-order valence-corrected chi connectivity index (χ0v) is 18.3. The Bertz CT molecular complexity index is 1440. The van der Waals surface area contributed by atoms with E-state index in [0.29, 0.717) is 27.2 Å². The van der Waals surface area contributed by atoms with E-state index in [4.69, 9.17) is 4.98 Å². The monoisotopic (exact) mass is 441 g/mol. The molecule has 0 spiro atoms. The minimum Gasteiger partial charge on any atom is -0.269 e. The zero-order chi connectivity index (χ0) is 22.4. The van der Waals surface area contributed by atoms with Crippen LogP contribution in [-0.4, -0.2) is 32.1 Å². The Hall–Kier alpha value is -3.71. The Balaban J connectivity index is 1.59. The molecule has 1 aromatic heterocycles. The number of para-hydroxylation sites is 1. The number of aryl methyl sites for hydroxylation is 2. The quantitative estimate of drug-likeness (QED) is 0.268. The lowest BCUT2D eigenvalue weighted by atomic mass is 10.1. The van der Waals surface area contributed by atoms with Gasteiger partial charge in [0.15, 0.2) is 5.16 Å². The van der Waals surface area contributed by atoms with Gasteiger partial charge in [-0.3, -0.25) is 23.9 Å². The van der Waals surface area contributed by atoms with Crippen molar-refractivity contribution in [3.05, 3.63) is 99.3 Å². The fourth-order valence-electron chi connectivity index (χ4n) is 3.96. The predicted octanol–water partition coefficient (Wildman–Crippen LogP) is 4.35. The van der Waals surface area contributed by atoms with Crippen LogP contribution in [0.25, 0.3) is 16.6 Å². The highest BCUT2D eigenvalue weighted by Crippen LogP contribution is 2.28. The lowest BCUT2D eigenvalue weighted by molar-refractivity contribution is 0.0684. The fraction of sp³-hybridized carbons (Fsp3) is 0.120. The summed E-state index contributed by atoms with van der Waals surface area (Å²) in [4.78, 5) is 44.9. The average molecular weight is 442 g/mol. The van der Waals surface area contributed by atoms with Gasteiger partial charge >= 0.3 is 0 Å². The van der Waals surface area contributed by atoms with Gasteiger partial charge < -0.3 is 0 Å². The maximum Gasteiger partial charge on any atom is 0.266 e. The number of carbonyl (C=O) groups is 2. The van der Waals surface area contributed by atoms with E-state index >= 15 is 0 Å². The van der Waals surface area contributed by atoms with Crippen LogP contribution in [-0.2, 0) is 0 Å². The van der Waals surface area contributed by atoms with E-state index in [1.54, 1.807) is 41.0 Å². The normalized spacial score (nSPS) is 13.1. The Labute approximate surface area is 188 Å². The van der Waals surface area contributed by atoms with E-state index in [1.165, 1.54) is 16.7 Å². The summed E-state index contributed by atoms with van der Waals surface area (Å²) >= 11 is 1.20. The summed E-state index contributed by atoms with van der Waals surface area (Å²) in [5.74, 6) is -0.610. The van der Waals surface area contributed by atoms with Crippen molar-refractivity contribution >= 4 is 34.5 Å². The van der Waals surface area contributed by atoms with Gasteiger partial charge in [-0.2, -0.15) is 0 Å². The highest BCUT2D eigenvalue weighted by Gasteiger charge is 2.35. The van der Waals surface area contributed by atoms with Crippen LogP contribution in [0.1, 0.15) is 31.8 Å². The molecule has 3 aromatic carbocycles. The first-order chi connectivity index (χ1) is 15.5. The number of hydrogen-bond acceptors (Lipinski definition) is 5. The molecule has 2 amide bonds. The molecular weight excluding hydrogens is 422 g/mol. The zero-order valence-electron chi connectivity index (χ0n) is 17.5. The molecule has 1 aliphatic rings. The molecule has 0 atom stereocenters. The second kappa shape index (κ2) is 7.76. The number of benzene rings is 3. The molecule has 0 bridgehead atoms. The highest BCUT2D eigenvalue weighted by atomic mass is 32.2. The Morgan fingerprint density at radius 1 is 0.844 bits per heavy atom. The third-order valence-corrected chi connectivity index (χ3v) is 6.46. The third kappa shape index (κ3) is 3.22. The molecule has 0 saturated carbocycles. The minimum atomic E-state index is -0.334. The summed E-state index contributed by atoms with van der Waals surface area (Å²) in [6, 6.07) is 19.8. The Morgan fingerprint density at radius 2 is 1.50 bits per heavy atom. The number of fused-ring (bicyclic) bond motifs is 2. The van der Waals surface area contributed by atoms with Gasteiger partial charge in [0.05, 0.1) is 33.6 Å². The van der Waals surface area contributed by atoms with Crippen LogP contribution in [0.4, 0.5) is 0 Å². The summed E-state index contributed by atoms with van der Waals surface area (Å²) in [6.45, 7) is 3.94. The molecule has 6 nitrogen and oxygen atoms in total. The van der Waals surface area contributed by atoms with Gasteiger partial charge in [0, 0.05) is 0 Å². The smallest absolute Gasteiger partial charge is 0.266 e. The molecule has 1 aliphatic heterocycles. The first-order valence-corrected chi connectivity index (χ1v) is 11.1. The minimum absolute atomic E-state index is 0.0576. The molecular formula is C25H19N3O3S. The van der Waals surface area contributed by atoms with Gasteiger partial charge in [0.1, 0.15) is 0 Å². The molecule has 0 N–H and O–H groups in total. The van der Waals surface area contributed by atoms with Crippen molar-refractivity contribution in [2.24, 2.45) is 0 Å². The SMILES string of the molecule is Cc1ccc(-n2c(SCN3C(=O)c4ccccc4C3=O)nc3ccccc3c2=O)c(C)c1. The number of carbonyl (C=O) groups excluding carboxylic acids is 2. The Morgan fingerprint density at radius 3 is 2.19 bits per heavy atom. The third-order valence-electron chi connectivity index (χ3n) is 5.54. The number of hydrogen-bond donors (Lipinski definition) is 0. The number of amides is 2. The van der Waals surface area contributed by atoms with Gasteiger partial charge in [-0.25, -0.2) is 4.98 Å². The molecule has 7 heteroatoms. The fourth-order valence-corrected chi connectivity index (χ4v) is 4.91. The largest absolute Gasteiger partial charge is 0.269 e. The maximum absolute atomic E-state index is 13.5. The summed E-state index contributed by atoms with van der Waals surface area (Å²) < 4.78 is 1.57. The van der Waals surface area contributed by atoms with E-state index in [2.05, 4.69) is 0 Å². The van der Waals surface area contributed by atoms with Gasteiger partial charge in [0.2, 0.25) is 0 Å². The van der Waals surface area contributed by atoms with E-state index in [-0.39, 0.29) is 23.3 Å². The molecule has 158 valence electrons. The summed E-state index contributed by atoms with van der Waals surface area (Å²) in [5, 5.41) is 0.940. The topological polar surface area (TPSA) is 72.3 Å². The standard InChI is InChI=1S/C25H19N3O3S/c1-15-11-12-21(16(2)13-15)28-24(31)19-9-5-6-10-20(19)26-25(28)32-14-27-22(29)17-7-3-4-8-18(17)23(27)30/h3-13H,14H2,1-2H3. The summed E-state index contributed by atoms with van der Waals surface area (Å²) in [6.07, 6.45) is 0. The second-order valence-electron chi connectivity index (χ2n) is 7.70. The Kier molecular flexibility index (Phi) is 4.90. The van der Waals surface area contributed by atoms with E-state index in [0.717, 1.165) is 16.8 Å². The van der Waals surface area contributed by atoms with Gasteiger partial charge in [0.25, 0.3) is 17.4 Å². The number of nitrogens with zero attached hydrogens (tertiary/aromatic N) is 3. The van der Waals surface area contributed by atoms with E-state index in [1.807, 2.05) is 44.2 Å². The van der Waals surface area contributed by atoms with Crippen LogP contribution in [0.5, 0.6) is 0 Å². The molecule has 32 heavy (non-hydrogen) atoms. The van der Waals surface area contributed by atoms with Gasteiger partial charge in [-0.05, 0) is 49.7 Å². The van der Waals surface area contributed by atoms with Gasteiger partial charge in [-0.1, -0.05) is 53.7 Å². The predicted molar refractivity (Wildman–Crippen MR) is 124 cm³/mol. The van der Waals surface area contributed by atoms with Crippen molar-refractivity contribution in [1.29, 1.82) is 0 Å². The average Bonchev–Trinajstić information content (AvgIpc) is 3.03. The molecule has 0 aliphatic carbocycles. The van der Waals surface area contributed by atoms with Crippen molar-refractivity contribution in [2.75, 3.05) is 5.88 Å². The molecule has 0 radical (unpaired) electrons. The van der Waals surface area contributed by atoms with Crippen LogP contribution >= 0.6 is 11.8 Å². The number of aromatic nitrogens is 2. The molecule has 0 unspecified atom stereocenters.